The molecule has 0 radical (unpaired) electrons. The molecule has 4 N–H and O–H groups in total. The van der Waals surface area contributed by atoms with Crippen molar-refractivity contribution in [1.82, 2.24) is 19.4 Å². The molecule has 0 amide bonds. The summed E-state index contributed by atoms with van der Waals surface area (Å²) in [7, 11) is 0. The van der Waals surface area contributed by atoms with E-state index in [0.717, 1.165) is 79.6 Å². The number of rotatable bonds is 12. The molecule has 9 heteroatoms. The minimum Gasteiger partial charge on any atom is -0.506 e. The highest BCUT2D eigenvalue weighted by Gasteiger charge is 2.15. The molecule has 0 atom stereocenters. The van der Waals surface area contributed by atoms with Crippen LogP contribution in [0.25, 0.3) is 11.0 Å². The first-order valence-electron chi connectivity index (χ1n) is 13.7. The number of morpholine rings is 1. The van der Waals surface area contributed by atoms with Gasteiger partial charge >= 0.3 is 0 Å². The maximum absolute atomic E-state index is 10.4. The second-order valence-corrected chi connectivity index (χ2v) is 10.0. The summed E-state index contributed by atoms with van der Waals surface area (Å²) in [4.78, 5) is 11.7. The molecule has 0 spiro atoms. The van der Waals surface area contributed by atoms with Gasteiger partial charge in [0.15, 0.2) is 0 Å². The van der Waals surface area contributed by atoms with Crippen LogP contribution in [-0.4, -0.2) is 75.6 Å². The quantitative estimate of drug-likeness (QED) is 0.205. The predicted molar refractivity (Wildman–Crippen MR) is 154 cm³/mol. The van der Waals surface area contributed by atoms with E-state index in [1.165, 1.54) is 5.56 Å². The van der Waals surface area contributed by atoms with Gasteiger partial charge in [0.1, 0.15) is 11.4 Å². The average molecular weight is 531 g/mol. The molecule has 9 nitrogen and oxygen atoms in total. The van der Waals surface area contributed by atoms with E-state index in [0.29, 0.717) is 25.2 Å². The molecule has 0 bridgehead atoms. The van der Waals surface area contributed by atoms with E-state index in [1.807, 2.05) is 6.07 Å². The molecule has 1 aliphatic rings. The summed E-state index contributed by atoms with van der Waals surface area (Å²) in [5.74, 6) is 0.942. The van der Waals surface area contributed by atoms with Crippen LogP contribution < -0.4 is 10.6 Å². The fourth-order valence-electron chi connectivity index (χ4n) is 4.99. The fraction of sp³-hybridized carbons (Fsp3) is 0.400. The van der Waals surface area contributed by atoms with Crippen molar-refractivity contribution in [2.75, 3.05) is 56.6 Å². The summed E-state index contributed by atoms with van der Waals surface area (Å²) in [6.45, 7) is 8.63. The Morgan fingerprint density at radius 3 is 2.74 bits per heavy atom. The Labute approximate surface area is 229 Å². The van der Waals surface area contributed by atoms with Crippen LogP contribution in [0, 0.1) is 6.92 Å². The van der Waals surface area contributed by atoms with Gasteiger partial charge in [-0.05, 0) is 73.3 Å². The minimum atomic E-state index is 0.117. The fourth-order valence-corrected chi connectivity index (χ4v) is 4.99. The van der Waals surface area contributed by atoms with Crippen LogP contribution >= 0.6 is 0 Å². The first-order chi connectivity index (χ1) is 19.1. The number of aryl methyl sites for hydroxylation is 1. The third-order valence-electron chi connectivity index (χ3n) is 7.15. The van der Waals surface area contributed by atoms with Crippen molar-refractivity contribution in [2.45, 2.75) is 32.9 Å². The number of pyridine rings is 1. The number of nitrogens with zero attached hydrogens (tertiary/aromatic N) is 4. The second kappa shape index (κ2) is 12.9. The van der Waals surface area contributed by atoms with Crippen LogP contribution in [-0.2, 0) is 24.2 Å². The Bertz CT molecular complexity index is 1380. The molecule has 2 aromatic heterocycles. The van der Waals surface area contributed by atoms with Crippen LogP contribution in [0.15, 0.2) is 54.7 Å². The van der Waals surface area contributed by atoms with Crippen molar-refractivity contribution >= 4 is 22.7 Å². The maximum atomic E-state index is 10.4. The zero-order chi connectivity index (χ0) is 27.0. The summed E-state index contributed by atoms with van der Waals surface area (Å²) in [6, 6.07) is 15.9. The number of fused-ring (bicyclic) bond motifs is 1. The van der Waals surface area contributed by atoms with E-state index >= 15 is 0 Å². The normalized spacial score (nSPS) is 14.1. The first-order valence-corrected chi connectivity index (χ1v) is 13.7. The van der Waals surface area contributed by atoms with Crippen molar-refractivity contribution in [3.8, 4) is 5.75 Å². The lowest BCUT2D eigenvalue weighted by atomic mass is 10.1. The highest BCUT2D eigenvalue weighted by Crippen LogP contribution is 2.26. The van der Waals surface area contributed by atoms with Crippen LogP contribution in [0.1, 0.15) is 28.8 Å². The zero-order valence-corrected chi connectivity index (χ0v) is 22.6. The second-order valence-electron chi connectivity index (χ2n) is 10.0. The number of ether oxygens (including phenoxy) is 1. The molecule has 0 aliphatic carbocycles. The molecule has 5 rings (SSSR count). The van der Waals surface area contributed by atoms with E-state index in [-0.39, 0.29) is 12.4 Å². The Balaban J connectivity index is 1.36. The largest absolute Gasteiger partial charge is 0.506 e. The van der Waals surface area contributed by atoms with E-state index in [9.17, 15) is 10.2 Å². The number of nitrogens with one attached hydrogen (secondary N) is 2. The Morgan fingerprint density at radius 1 is 1.05 bits per heavy atom. The number of benzene rings is 2. The molecule has 2 aromatic carbocycles. The van der Waals surface area contributed by atoms with Gasteiger partial charge in [-0.25, -0.2) is 4.98 Å². The molecule has 0 saturated carbocycles. The summed E-state index contributed by atoms with van der Waals surface area (Å²) in [5, 5.41) is 27.0. The van der Waals surface area contributed by atoms with Gasteiger partial charge in [0.05, 0.1) is 30.8 Å². The molecule has 1 saturated heterocycles. The Morgan fingerprint density at radius 2 is 1.92 bits per heavy atom. The summed E-state index contributed by atoms with van der Waals surface area (Å²) < 4.78 is 7.55. The van der Waals surface area contributed by atoms with Gasteiger partial charge in [-0.1, -0.05) is 18.2 Å². The monoisotopic (exact) mass is 530 g/mol. The van der Waals surface area contributed by atoms with E-state index in [4.69, 9.17) is 9.72 Å². The lowest BCUT2D eigenvalue weighted by Crippen LogP contribution is -2.37. The molecular formula is C30H38N6O3. The topological polar surface area (TPSA) is 108 Å². The lowest BCUT2D eigenvalue weighted by Gasteiger charge is -2.26. The third kappa shape index (κ3) is 6.86. The highest BCUT2D eigenvalue weighted by molar-refractivity contribution is 5.80. The van der Waals surface area contributed by atoms with Crippen LogP contribution in [0.5, 0.6) is 5.75 Å². The molecule has 4 aromatic rings. The minimum absolute atomic E-state index is 0.117. The van der Waals surface area contributed by atoms with Crippen LogP contribution in [0.2, 0.25) is 0 Å². The smallest absolute Gasteiger partial charge is 0.204 e. The molecule has 0 unspecified atom stereocenters. The molecule has 39 heavy (non-hydrogen) atoms. The van der Waals surface area contributed by atoms with Crippen molar-refractivity contribution in [2.24, 2.45) is 0 Å². The van der Waals surface area contributed by atoms with Crippen molar-refractivity contribution < 1.29 is 14.9 Å². The Kier molecular flexibility index (Phi) is 8.93. The molecule has 1 fully saturated rings. The molecule has 1 aliphatic heterocycles. The van der Waals surface area contributed by atoms with Gasteiger partial charge < -0.3 is 30.2 Å². The highest BCUT2D eigenvalue weighted by atomic mass is 16.5. The number of hydrogen-bond acceptors (Lipinski definition) is 8. The number of imidazole rings is 1. The van der Waals surface area contributed by atoms with E-state index in [2.05, 4.69) is 62.3 Å². The van der Waals surface area contributed by atoms with Crippen molar-refractivity contribution in [3.05, 3.63) is 77.1 Å². The number of aromatic nitrogens is 3. The standard InChI is InChI=1S/C30H38N6O3/c1-22-5-7-24(9-15-37)26(18-22)33-20-23-6-8-25-28(19-23)36(21-27-29(38)4-2-10-31-27)30(34-25)32-11-3-12-35-13-16-39-17-14-35/h2,4-8,10,18-19,33,37-38H,3,9,11-17,20-21H2,1H3,(H,32,34). The predicted octanol–water partition coefficient (Wildman–Crippen LogP) is 3.77. The lowest BCUT2D eigenvalue weighted by molar-refractivity contribution is 0.0378. The van der Waals surface area contributed by atoms with Gasteiger partial charge in [0.25, 0.3) is 0 Å². The van der Waals surface area contributed by atoms with E-state index < -0.39 is 0 Å². The SMILES string of the molecule is Cc1ccc(CCO)c(NCc2ccc3nc(NCCCN4CCOCC4)n(Cc4ncccc4O)c3c2)c1. The maximum Gasteiger partial charge on any atom is 0.204 e. The van der Waals surface area contributed by atoms with Gasteiger partial charge in [0, 0.05) is 44.7 Å². The number of aromatic hydroxyl groups is 1. The van der Waals surface area contributed by atoms with Gasteiger partial charge in [0.2, 0.25) is 5.95 Å². The molecule has 206 valence electrons. The number of aliphatic hydroxyl groups excluding tert-OH is 1. The van der Waals surface area contributed by atoms with E-state index in [1.54, 1.807) is 18.3 Å². The first kappa shape index (κ1) is 26.9. The van der Waals surface area contributed by atoms with Gasteiger partial charge in [-0.15, -0.1) is 0 Å². The number of hydrogen-bond donors (Lipinski definition) is 4. The number of aliphatic hydroxyl groups is 1. The number of anilines is 2. The molecule has 3 heterocycles. The molecular weight excluding hydrogens is 492 g/mol. The third-order valence-corrected chi connectivity index (χ3v) is 7.15. The van der Waals surface area contributed by atoms with Gasteiger partial charge in [-0.2, -0.15) is 0 Å². The van der Waals surface area contributed by atoms with Crippen LogP contribution in [0.4, 0.5) is 11.6 Å². The van der Waals surface area contributed by atoms with Crippen molar-refractivity contribution in [3.63, 3.8) is 0 Å². The van der Waals surface area contributed by atoms with Gasteiger partial charge in [-0.3, -0.25) is 9.88 Å². The van der Waals surface area contributed by atoms with Crippen LogP contribution in [0.3, 0.4) is 0 Å². The summed E-state index contributed by atoms with van der Waals surface area (Å²) in [5.41, 5.74) is 6.90. The zero-order valence-electron chi connectivity index (χ0n) is 22.6. The average Bonchev–Trinajstić information content (AvgIpc) is 3.29. The summed E-state index contributed by atoms with van der Waals surface area (Å²) >= 11 is 0. The Hall–Kier alpha value is -3.66. The summed E-state index contributed by atoms with van der Waals surface area (Å²) in [6.07, 6.45) is 3.31. The van der Waals surface area contributed by atoms with Crippen molar-refractivity contribution in [1.29, 1.82) is 0 Å².